The maximum atomic E-state index is 12.0. The minimum absolute atomic E-state index is 0.0666. The lowest BCUT2D eigenvalue weighted by Gasteiger charge is -2.15. The van der Waals surface area contributed by atoms with Crippen molar-refractivity contribution in [2.24, 2.45) is 0 Å². The molecule has 4 nitrogen and oxygen atoms in total. The maximum absolute atomic E-state index is 12.0. The van der Waals surface area contributed by atoms with Crippen LogP contribution in [0.1, 0.15) is 31.2 Å². The van der Waals surface area contributed by atoms with Crippen molar-refractivity contribution in [2.45, 2.75) is 38.3 Å². The zero-order valence-electron chi connectivity index (χ0n) is 12.4. The minimum Gasteiger partial charge on any atom is -0.368 e. The number of nitrogens with one attached hydrogen (secondary N) is 1. The van der Waals surface area contributed by atoms with E-state index in [1.807, 2.05) is 38.4 Å². The molecule has 0 heterocycles. The highest BCUT2D eigenvalue weighted by molar-refractivity contribution is 5.92. The number of anilines is 1. The zero-order valence-corrected chi connectivity index (χ0v) is 12.4. The molecule has 2 rings (SSSR count). The summed E-state index contributed by atoms with van der Waals surface area (Å²) in [6, 6.07) is 7.90. The Morgan fingerprint density at radius 2 is 2.00 bits per heavy atom. The van der Waals surface area contributed by atoms with Crippen LogP contribution in [0.25, 0.3) is 0 Å². The van der Waals surface area contributed by atoms with E-state index in [0.717, 1.165) is 30.6 Å². The van der Waals surface area contributed by atoms with Crippen molar-refractivity contribution in [3.63, 3.8) is 0 Å². The summed E-state index contributed by atoms with van der Waals surface area (Å²) in [6.07, 6.45) is 4.89. The third-order valence-corrected chi connectivity index (χ3v) is 3.53. The molecule has 1 aromatic rings. The molecule has 1 saturated carbocycles. The topological polar surface area (TPSA) is 41.6 Å². The fraction of sp³-hybridized carbons (Fsp3) is 0.562. The van der Waals surface area contributed by atoms with Crippen LogP contribution in [-0.2, 0) is 16.1 Å². The Bertz CT molecular complexity index is 440. The highest BCUT2D eigenvalue weighted by Gasteiger charge is 2.17. The summed E-state index contributed by atoms with van der Waals surface area (Å²) in [7, 11) is 4.03. The van der Waals surface area contributed by atoms with E-state index < -0.39 is 0 Å². The van der Waals surface area contributed by atoms with Gasteiger partial charge in [-0.05, 0) is 38.6 Å². The van der Waals surface area contributed by atoms with E-state index in [0.29, 0.717) is 0 Å². The summed E-state index contributed by atoms with van der Waals surface area (Å²) in [4.78, 5) is 14.0. The smallest absolute Gasteiger partial charge is 0.250 e. The lowest BCUT2D eigenvalue weighted by atomic mass is 10.1. The Morgan fingerprint density at radius 3 is 2.70 bits per heavy atom. The van der Waals surface area contributed by atoms with Crippen LogP contribution in [0.5, 0.6) is 0 Å². The second kappa shape index (κ2) is 7.41. The molecule has 1 N–H and O–H groups in total. The molecule has 1 fully saturated rings. The highest BCUT2D eigenvalue weighted by Crippen LogP contribution is 2.21. The van der Waals surface area contributed by atoms with Gasteiger partial charge in [-0.2, -0.15) is 0 Å². The SMILES string of the molecule is CN(C)Cc1ccccc1NC(=O)COC1CCCC1. The Kier molecular flexibility index (Phi) is 5.56. The first-order chi connectivity index (χ1) is 9.65. The van der Waals surface area contributed by atoms with Crippen LogP contribution in [0.3, 0.4) is 0 Å². The van der Waals surface area contributed by atoms with Gasteiger partial charge in [0, 0.05) is 12.2 Å². The number of carbonyl (C=O) groups excluding carboxylic acids is 1. The zero-order chi connectivity index (χ0) is 14.4. The Morgan fingerprint density at radius 1 is 1.30 bits per heavy atom. The average Bonchev–Trinajstić information content (AvgIpc) is 2.91. The number of ether oxygens (including phenoxy) is 1. The predicted molar refractivity (Wildman–Crippen MR) is 80.7 cm³/mol. The summed E-state index contributed by atoms with van der Waals surface area (Å²) in [6.45, 7) is 0.959. The number of amides is 1. The first-order valence-electron chi connectivity index (χ1n) is 7.29. The molecule has 1 aromatic carbocycles. The molecule has 0 bridgehead atoms. The molecule has 0 spiro atoms. The van der Waals surface area contributed by atoms with Crippen molar-refractivity contribution in [1.82, 2.24) is 4.90 Å². The van der Waals surface area contributed by atoms with Gasteiger partial charge in [-0.1, -0.05) is 31.0 Å². The van der Waals surface area contributed by atoms with Crippen molar-refractivity contribution in [2.75, 3.05) is 26.0 Å². The molecule has 110 valence electrons. The number of nitrogens with zero attached hydrogens (tertiary/aromatic N) is 1. The Labute approximate surface area is 121 Å². The van der Waals surface area contributed by atoms with Gasteiger partial charge < -0.3 is 15.0 Å². The lowest BCUT2D eigenvalue weighted by molar-refractivity contribution is -0.122. The fourth-order valence-corrected chi connectivity index (χ4v) is 2.56. The van der Waals surface area contributed by atoms with E-state index in [4.69, 9.17) is 4.74 Å². The van der Waals surface area contributed by atoms with Gasteiger partial charge in [0.05, 0.1) is 6.10 Å². The van der Waals surface area contributed by atoms with E-state index in [9.17, 15) is 4.79 Å². The summed E-state index contributed by atoms with van der Waals surface area (Å²) < 4.78 is 5.64. The minimum atomic E-state index is -0.0666. The second-order valence-corrected chi connectivity index (χ2v) is 5.66. The van der Waals surface area contributed by atoms with Gasteiger partial charge in [0.25, 0.3) is 0 Å². The molecular weight excluding hydrogens is 252 g/mol. The molecule has 1 aliphatic carbocycles. The molecule has 0 unspecified atom stereocenters. The number of rotatable bonds is 6. The van der Waals surface area contributed by atoms with Crippen LogP contribution in [0, 0.1) is 0 Å². The van der Waals surface area contributed by atoms with Crippen LogP contribution in [0.4, 0.5) is 5.69 Å². The van der Waals surface area contributed by atoms with Crippen molar-refractivity contribution in [1.29, 1.82) is 0 Å². The molecule has 1 aliphatic rings. The summed E-state index contributed by atoms with van der Waals surface area (Å²) >= 11 is 0. The lowest BCUT2D eigenvalue weighted by Crippen LogP contribution is -2.23. The monoisotopic (exact) mass is 276 g/mol. The molecular formula is C16H24N2O2. The van der Waals surface area contributed by atoms with E-state index in [-0.39, 0.29) is 18.6 Å². The van der Waals surface area contributed by atoms with Crippen LogP contribution >= 0.6 is 0 Å². The molecule has 1 amide bonds. The Hall–Kier alpha value is -1.39. The number of para-hydroxylation sites is 1. The molecule has 0 aromatic heterocycles. The van der Waals surface area contributed by atoms with Crippen LogP contribution in [0.2, 0.25) is 0 Å². The van der Waals surface area contributed by atoms with Gasteiger partial charge in [0.15, 0.2) is 0 Å². The van der Waals surface area contributed by atoms with Crippen molar-refractivity contribution < 1.29 is 9.53 Å². The predicted octanol–water partition coefficient (Wildman–Crippen LogP) is 2.65. The normalized spacial score (nSPS) is 15.8. The Balaban J connectivity index is 1.86. The van der Waals surface area contributed by atoms with Crippen LogP contribution in [0.15, 0.2) is 24.3 Å². The average molecular weight is 276 g/mol. The standard InChI is InChI=1S/C16H24N2O2/c1-18(2)11-13-7-3-6-10-15(13)17-16(19)12-20-14-8-4-5-9-14/h3,6-7,10,14H,4-5,8-9,11-12H2,1-2H3,(H,17,19). The first kappa shape index (κ1) is 15.0. The van der Waals surface area contributed by atoms with Gasteiger partial charge in [-0.25, -0.2) is 0 Å². The van der Waals surface area contributed by atoms with Gasteiger partial charge >= 0.3 is 0 Å². The summed E-state index contributed by atoms with van der Waals surface area (Å²) in [5.74, 6) is -0.0666. The molecule has 0 atom stereocenters. The molecule has 0 radical (unpaired) electrons. The quantitative estimate of drug-likeness (QED) is 0.868. The van der Waals surface area contributed by atoms with Crippen LogP contribution < -0.4 is 5.32 Å². The van der Waals surface area contributed by atoms with Crippen LogP contribution in [-0.4, -0.2) is 37.6 Å². The first-order valence-corrected chi connectivity index (χ1v) is 7.29. The molecule has 0 saturated heterocycles. The number of hydrogen-bond acceptors (Lipinski definition) is 3. The van der Waals surface area contributed by atoms with E-state index in [1.165, 1.54) is 12.8 Å². The summed E-state index contributed by atoms with van der Waals surface area (Å²) in [5, 5.41) is 2.95. The highest BCUT2D eigenvalue weighted by atomic mass is 16.5. The maximum Gasteiger partial charge on any atom is 0.250 e. The molecule has 20 heavy (non-hydrogen) atoms. The van der Waals surface area contributed by atoms with Crippen molar-refractivity contribution in [3.8, 4) is 0 Å². The van der Waals surface area contributed by atoms with E-state index >= 15 is 0 Å². The third-order valence-electron chi connectivity index (χ3n) is 3.53. The van der Waals surface area contributed by atoms with Gasteiger partial charge in [-0.3, -0.25) is 4.79 Å². The number of benzene rings is 1. The van der Waals surface area contributed by atoms with Crippen molar-refractivity contribution in [3.05, 3.63) is 29.8 Å². The molecule has 0 aliphatic heterocycles. The van der Waals surface area contributed by atoms with Gasteiger partial charge in [0.2, 0.25) is 5.91 Å². The number of hydrogen-bond donors (Lipinski definition) is 1. The largest absolute Gasteiger partial charge is 0.368 e. The summed E-state index contributed by atoms with van der Waals surface area (Å²) in [5.41, 5.74) is 1.99. The molecule has 4 heteroatoms. The van der Waals surface area contributed by atoms with Gasteiger partial charge in [0.1, 0.15) is 6.61 Å². The van der Waals surface area contributed by atoms with Gasteiger partial charge in [-0.15, -0.1) is 0 Å². The van der Waals surface area contributed by atoms with E-state index in [2.05, 4.69) is 10.2 Å². The van der Waals surface area contributed by atoms with E-state index in [1.54, 1.807) is 0 Å². The second-order valence-electron chi connectivity index (χ2n) is 5.66. The third kappa shape index (κ3) is 4.62. The van der Waals surface area contributed by atoms with Crippen molar-refractivity contribution >= 4 is 11.6 Å². The number of carbonyl (C=O) groups is 1. The fourth-order valence-electron chi connectivity index (χ4n) is 2.56.